The van der Waals surface area contributed by atoms with Gasteiger partial charge in [0.2, 0.25) is 0 Å². The molecule has 0 fully saturated rings. The number of aromatic nitrogens is 4. The Labute approximate surface area is 160 Å². The summed E-state index contributed by atoms with van der Waals surface area (Å²) in [5.74, 6) is 1.60. The van der Waals surface area contributed by atoms with Crippen LogP contribution in [0.4, 0.5) is 8.78 Å². The SMILES string of the molecule is C#Cc1ccccc1-c1ncccc1-c1nc(-c2c(F)cccc2F)nn1C. The topological polar surface area (TPSA) is 43.6 Å². The minimum absolute atomic E-state index is 0.0341. The molecule has 2 aromatic heterocycles. The van der Waals surface area contributed by atoms with Crippen LogP contribution in [0.5, 0.6) is 0 Å². The van der Waals surface area contributed by atoms with Crippen molar-refractivity contribution in [3.05, 3.63) is 78.0 Å². The first kappa shape index (κ1) is 17.6. The number of pyridine rings is 1. The van der Waals surface area contributed by atoms with E-state index in [1.54, 1.807) is 19.3 Å². The van der Waals surface area contributed by atoms with Gasteiger partial charge in [0.05, 0.1) is 11.3 Å². The molecule has 0 saturated heterocycles. The standard InChI is InChI=1S/C22H14F2N4/c1-3-14-8-4-5-9-15(14)20-16(10-7-13-25-20)22-26-21(27-28(22)2)19-17(23)11-6-12-18(19)24/h1,4-13H,2H3. The molecular formula is C22H14F2N4. The van der Waals surface area contributed by atoms with Gasteiger partial charge in [0.1, 0.15) is 11.6 Å². The predicted octanol–water partition coefficient (Wildman–Crippen LogP) is 4.47. The lowest BCUT2D eigenvalue weighted by Crippen LogP contribution is -1.98. The molecule has 0 radical (unpaired) electrons. The molecule has 0 spiro atoms. The number of aryl methyl sites for hydroxylation is 1. The number of halogens is 2. The van der Waals surface area contributed by atoms with Gasteiger partial charge in [-0.25, -0.2) is 18.4 Å². The Morgan fingerprint density at radius 2 is 1.64 bits per heavy atom. The van der Waals surface area contributed by atoms with Gasteiger partial charge < -0.3 is 0 Å². The van der Waals surface area contributed by atoms with Crippen molar-refractivity contribution in [2.24, 2.45) is 7.05 Å². The van der Waals surface area contributed by atoms with E-state index in [1.165, 1.54) is 22.9 Å². The van der Waals surface area contributed by atoms with Gasteiger partial charge >= 0.3 is 0 Å². The number of hydrogen-bond donors (Lipinski definition) is 0. The Kier molecular flexibility index (Phi) is 4.42. The molecule has 0 aliphatic carbocycles. The zero-order chi connectivity index (χ0) is 19.7. The zero-order valence-corrected chi connectivity index (χ0v) is 14.9. The highest BCUT2D eigenvalue weighted by Gasteiger charge is 2.21. The fraction of sp³-hybridized carbons (Fsp3) is 0.0455. The van der Waals surface area contributed by atoms with E-state index < -0.39 is 11.6 Å². The van der Waals surface area contributed by atoms with Gasteiger partial charge in [0, 0.05) is 29.9 Å². The van der Waals surface area contributed by atoms with E-state index in [4.69, 9.17) is 6.42 Å². The molecule has 0 aliphatic rings. The Bertz CT molecular complexity index is 1200. The number of benzene rings is 2. The molecule has 4 aromatic rings. The van der Waals surface area contributed by atoms with Crippen LogP contribution in [-0.4, -0.2) is 19.7 Å². The van der Waals surface area contributed by atoms with Crippen molar-refractivity contribution in [2.75, 3.05) is 0 Å². The normalized spacial score (nSPS) is 10.6. The van der Waals surface area contributed by atoms with Crippen molar-refractivity contribution in [1.82, 2.24) is 19.7 Å². The molecular weight excluding hydrogens is 358 g/mol. The first-order valence-corrected chi connectivity index (χ1v) is 8.47. The first-order valence-electron chi connectivity index (χ1n) is 8.47. The summed E-state index contributed by atoms with van der Waals surface area (Å²) in [5, 5.41) is 4.21. The average Bonchev–Trinajstić information content (AvgIpc) is 3.09. The van der Waals surface area contributed by atoms with E-state index in [1.807, 2.05) is 30.3 Å². The highest BCUT2D eigenvalue weighted by molar-refractivity contribution is 5.81. The molecule has 6 heteroatoms. The summed E-state index contributed by atoms with van der Waals surface area (Å²) in [6, 6.07) is 14.6. The lowest BCUT2D eigenvalue weighted by Gasteiger charge is -2.09. The van der Waals surface area contributed by atoms with Crippen molar-refractivity contribution in [3.63, 3.8) is 0 Å². The summed E-state index contributed by atoms with van der Waals surface area (Å²) in [7, 11) is 1.66. The fourth-order valence-electron chi connectivity index (χ4n) is 3.05. The Hall–Kier alpha value is -3.85. The van der Waals surface area contributed by atoms with Gasteiger partial charge in [-0.1, -0.05) is 30.2 Å². The minimum atomic E-state index is -0.721. The number of nitrogens with zero attached hydrogens (tertiary/aromatic N) is 4. The Morgan fingerprint density at radius 1 is 0.929 bits per heavy atom. The van der Waals surface area contributed by atoms with Crippen LogP contribution >= 0.6 is 0 Å². The third-order valence-electron chi connectivity index (χ3n) is 4.34. The molecule has 0 amide bonds. The molecule has 0 N–H and O–H groups in total. The summed E-state index contributed by atoms with van der Waals surface area (Å²) in [5.41, 5.74) is 2.46. The van der Waals surface area contributed by atoms with E-state index >= 15 is 0 Å². The molecule has 136 valence electrons. The van der Waals surface area contributed by atoms with Gasteiger partial charge in [-0.15, -0.1) is 6.42 Å². The van der Waals surface area contributed by atoms with Gasteiger partial charge in [-0.2, -0.15) is 5.10 Å². The van der Waals surface area contributed by atoms with Gasteiger partial charge in [-0.05, 0) is 30.3 Å². The van der Waals surface area contributed by atoms with Crippen LogP contribution in [0, 0.1) is 24.0 Å². The predicted molar refractivity (Wildman–Crippen MR) is 103 cm³/mol. The van der Waals surface area contributed by atoms with Crippen LogP contribution in [0.2, 0.25) is 0 Å². The molecule has 0 bridgehead atoms. The van der Waals surface area contributed by atoms with Crippen molar-refractivity contribution in [3.8, 4) is 46.4 Å². The van der Waals surface area contributed by atoms with Crippen LogP contribution in [0.25, 0.3) is 34.0 Å². The Balaban J connectivity index is 1.91. The van der Waals surface area contributed by atoms with Crippen molar-refractivity contribution in [1.29, 1.82) is 0 Å². The molecule has 0 aliphatic heterocycles. The molecule has 2 heterocycles. The van der Waals surface area contributed by atoms with E-state index in [0.29, 0.717) is 22.6 Å². The second-order valence-electron chi connectivity index (χ2n) is 6.07. The molecule has 2 aromatic carbocycles. The maximum atomic E-state index is 14.2. The molecule has 4 rings (SSSR count). The summed E-state index contributed by atoms with van der Waals surface area (Å²) in [4.78, 5) is 8.86. The van der Waals surface area contributed by atoms with Crippen molar-refractivity contribution in [2.45, 2.75) is 0 Å². The van der Waals surface area contributed by atoms with Gasteiger partial charge in [0.25, 0.3) is 0 Å². The first-order chi connectivity index (χ1) is 13.6. The van der Waals surface area contributed by atoms with Crippen molar-refractivity contribution >= 4 is 0 Å². The lowest BCUT2D eigenvalue weighted by atomic mass is 10.0. The summed E-state index contributed by atoms with van der Waals surface area (Å²) in [6.45, 7) is 0. The zero-order valence-electron chi connectivity index (χ0n) is 14.9. The van der Waals surface area contributed by atoms with Crippen LogP contribution in [-0.2, 0) is 7.05 Å². The van der Waals surface area contributed by atoms with Gasteiger partial charge in [-0.3, -0.25) is 4.98 Å². The van der Waals surface area contributed by atoms with E-state index in [2.05, 4.69) is 21.0 Å². The summed E-state index contributed by atoms with van der Waals surface area (Å²) >= 11 is 0. The molecule has 0 saturated carbocycles. The van der Waals surface area contributed by atoms with Crippen molar-refractivity contribution < 1.29 is 8.78 Å². The minimum Gasteiger partial charge on any atom is -0.255 e. The maximum Gasteiger partial charge on any atom is 0.187 e. The third-order valence-corrected chi connectivity index (χ3v) is 4.34. The van der Waals surface area contributed by atoms with Crippen LogP contribution in [0.15, 0.2) is 60.8 Å². The molecule has 0 atom stereocenters. The summed E-state index contributed by atoms with van der Waals surface area (Å²) < 4.78 is 29.8. The molecule has 28 heavy (non-hydrogen) atoms. The Morgan fingerprint density at radius 3 is 2.39 bits per heavy atom. The largest absolute Gasteiger partial charge is 0.255 e. The van der Waals surface area contributed by atoms with E-state index in [9.17, 15) is 8.78 Å². The van der Waals surface area contributed by atoms with Crippen LogP contribution in [0.3, 0.4) is 0 Å². The highest BCUT2D eigenvalue weighted by Crippen LogP contribution is 2.32. The third kappa shape index (κ3) is 2.93. The molecule has 4 nitrogen and oxygen atoms in total. The number of hydrogen-bond acceptors (Lipinski definition) is 3. The number of terminal acetylenes is 1. The van der Waals surface area contributed by atoms with E-state index in [0.717, 1.165) is 5.56 Å². The quantitative estimate of drug-likeness (QED) is 0.499. The average molecular weight is 372 g/mol. The van der Waals surface area contributed by atoms with Gasteiger partial charge in [0.15, 0.2) is 11.6 Å². The second kappa shape index (κ2) is 7.05. The monoisotopic (exact) mass is 372 g/mol. The second-order valence-corrected chi connectivity index (χ2v) is 6.07. The molecule has 0 unspecified atom stereocenters. The lowest BCUT2D eigenvalue weighted by molar-refractivity contribution is 0.587. The highest BCUT2D eigenvalue weighted by atomic mass is 19.1. The summed E-state index contributed by atoms with van der Waals surface area (Å²) in [6.07, 6.45) is 7.28. The van der Waals surface area contributed by atoms with Crippen LogP contribution < -0.4 is 0 Å². The van der Waals surface area contributed by atoms with E-state index in [-0.39, 0.29) is 11.4 Å². The smallest absolute Gasteiger partial charge is 0.187 e. The maximum absolute atomic E-state index is 14.2. The number of rotatable bonds is 3. The fourth-order valence-corrected chi connectivity index (χ4v) is 3.05. The van der Waals surface area contributed by atoms with Crippen LogP contribution in [0.1, 0.15) is 5.56 Å².